The molecule has 0 amide bonds. The van der Waals surface area contributed by atoms with Crippen molar-refractivity contribution >= 4 is 5.69 Å². The van der Waals surface area contributed by atoms with Gasteiger partial charge in [-0.3, -0.25) is 0 Å². The second kappa shape index (κ2) is 4.50. The summed E-state index contributed by atoms with van der Waals surface area (Å²) in [6.45, 7) is 3.48. The van der Waals surface area contributed by atoms with Crippen molar-refractivity contribution in [2.45, 2.75) is 26.2 Å². The molecule has 0 bridgehead atoms. The Morgan fingerprint density at radius 1 is 1.29 bits per heavy atom. The Bertz CT molecular complexity index is 264. The normalized spacial score (nSPS) is 18.6. The molecule has 0 aromatic heterocycles. The molecule has 1 saturated carbocycles. The molecule has 1 unspecified atom stereocenters. The maximum atomic E-state index is 3.49. The molecular weight excluding hydrogens is 170 g/mol. The number of hydrogen-bond donors (Lipinski definition) is 1. The molecule has 1 heteroatoms. The van der Waals surface area contributed by atoms with E-state index in [9.17, 15) is 0 Å². The van der Waals surface area contributed by atoms with Crippen molar-refractivity contribution < 1.29 is 0 Å². The van der Waals surface area contributed by atoms with Crippen LogP contribution in [0.25, 0.3) is 0 Å². The average molecular weight is 189 g/mol. The molecule has 2 rings (SSSR count). The first-order chi connectivity index (χ1) is 6.86. The molecular formula is C13H19N. The van der Waals surface area contributed by atoms with E-state index in [1.165, 1.54) is 24.9 Å². The zero-order valence-corrected chi connectivity index (χ0v) is 8.87. The number of para-hydroxylation sites is 1. The Hall–Kier alpha value is -0.980. The summed E-state index contributed by atoms with van der Waals surface area (Å²) in [5.41, 5.74) is 1.25. The van der Waals surface area contributed by atoms with Crippen molar-refractivity contribution in [3.8, 4) is 0 Å². The van der Waals surface area contributed by atoms with Crippen LogP contribution >= 0.6 is 0 Å². The van der Waals surface area contributed by atoms with E-state index in [2.05, 4.69) is 42.6 Å². The monoisotopic (exact) mass is 189 g/mol. The minimum absolute atomic E-state index is 0.823. The van der Waals surface area contributed by atoms with Gasteiger partial charge in [0.05, 0.1) is 0 Å². The number of hydrogen-bond acceptors (Lipinski definition) is 1. The van der Waals surface area contributed by atoms with E-state index in [0.29, 0.717) is 0 Å². The lowest BCUT2D eigenvalue weighted by Gasteiger charge is -2.31. The van der Waals surface area contributed by atoms with Crippen LogP contribution in [0.5, 0.6) is 0 Å². The average Bonchev–Trinajstić information content (AvgIpc) is 2.14. The summed E-state index contributed by atoms with van der Waals surface area (Å²) < 4.78 is 0. The topological polar surface area (TPSA) is 12.0 Å². The van der Waals surface area contributed by atoms with Crippen molar-refractivity contribution in [2.24, 2.45) is 11.8 Å². The fraction of sp³-hybridized carbons (Fsp3) is 0.538. The van der Waals surface area contributed by atoms with Crippen LogP contribution in [0.1, 0.15) is 26.2 Å². The molecule has 0 radical (unpaired) electrons. The quantitative estimate of drug-likeness (QED) is 0.764. The van der Waals surface area contributed by atoms with Crippen LogP contribution in [0, 0.1) is 11.8 Å². The van der Waals surface area contributed by atoms with Gasteiger partial charge in [0.25, 0.3) is 0 Å². The molecule has 1 aliphatic rings. The Morgan fingerprint density at radius 2 is 2.00 bits per heavy atom. The third-order valence-electron chi connectivity index (χ3n) is 3.36. The van der Waals surface area contributed by atoms with E-state index in [1.54, 1.807) is 0 Å². The standard InChI is InChI=1S/C13H19N/c1-11(12-6-5-7-12)10-14-13-8-3-2-4-9-13/h2-4,8-9,11-12,14H,5-7,10H2,1H3. The van der Waals surface area contributed by atoms with E-state index in [-0.39, 0.29) is 0 Å². The van der Waals surface area contributed by atoms with E-state index < -0.39 is 0 Å². The molecule has 0 spiro atoms. The van der Waals surface area contributed by atoms with E-state index in [0.717, 1.165) is 18.4 Å². The Balaban J connectivity index is 1.76. The Morgan fingerprint density at radius 3 is 2.57 bits per heavy atom. The summed E-state index contributed by atoms with van der Waals surface area (Å²) >= 11 is 0. The highest BCUT2D eigenvalue weighted by atomic mass is 14.9. The molecule has 1 aliphatic carbocycles. The van der Waals surface area contributed by atoms with Crippen LogP contribution in [0.4, 0.5) is 5.69 Å². The van der Waals surface area contributed by atoms with Gasteiger partial charge >= 0.3 is 0 Å². The minimum Gasteiger partial charge on any atom is -0.385 e. The van der Waals surface area contributed by atoms with Crippen LogP contribution in [0.3, 0.4) is 0 Å². The van der Waals surface area contributed by atoms with Crippen molar-refractivity contribution in [3.05, 3.63) is 30.3 Å². The van der Waals surface area contributed by atoms with Crippen molar-refractivity contribution in [1.29, 1.82) is 0 Å². The molecule has 14 heavy (non-hydrogen) atoms. The number of rotatable bonds is 4. The number of benzene rings is 1. The van der Waals surface area contributed by atoms with Gasteiger partial charge in [0.1, 0.15) is 0 Å². The van der Waals surface area contributed by atoms with Crippen molar-refractivity contribution in [3.63, 3.8) is 0 Å². The van der Waals surface area contributed by atoms with Crippen LogP contribution in [-0.2, 0) is 0 Å². The first kappa shape index (κ1) is 9.57. The number of anilines is 1. The first-order valence-corrected chi connectivity index (χ1v) is 5.65. The highest BCUT2D eigenvalue weighted by Gasteiger charge is 2.23. The van der Waals surface area contributed by atoms with E-state index >= 15 is 0 Å². The summed E-state index contributed by atoms with van der Waals surface area (Å²) in [7, 11) is 0. The van der Waals surface area contributed by atoms with Crippen LogP contribution in [-0.4, -0.2) is 6.54 Å². The van der Waals surface area contributed by atoms with Crippen molar-refractivity contribution in [1.82, 2.24) is 0 Å². The lowest BCUT2D eigenvalue weighted by atomic mass is 9.77. The molecule has 1 aromatic rings. The zero-order valence-electron chi connectivity index (χ0n) is 8.87. The Kier molecular flexibility index (Phi) is 3.07. The highest BCUT2D eigenvalue weighted by Crippen LogP contribution is 2.33. The minimum atomic E-state index is 0.823. The molecule has 1 nitrogen and oxygen atoms in total. The predicted octanol–water partition coefficient (Wildman–Crippen LogP) is 3.53. The molecule has 1 fully saturated rings. The molecule has 1 atom stereocenters. The summed E-state index contributed by atoms with van der Waals surface area (Å²) in [6, 6.07) is 10.5. The smallest absolute Gasteiger partial charge is 0.0340 e. The SMILES string of the molecule is CC(CNc1ccccc1)C1CCC1. The fourth-order valence-corrected chi connectivity index (χ4v) is 2.01. The molecule has 0 heterocycles. The van der Waals surface area contributed by atoms with Gasteiger partial charge in [0, 0.05) is 12.2 Å². The zero-order chi connectivity index (χ0) is 9.80. The van der Waals surface area contributed by atoms with E-state index in [4.69, 9.17) is 0 Å². The van der Waals surface area contributed by atoms with Crippen LogP contribution < -0.4 is 5.32 Å². The van der Waals surface area contributed by atoms with Gasteiger partial charge < -0.3 is 5.32 Å². The second-order valence-corrected chi connectivity index (χ2v) is 4.42. The molecule has 1 N–H and O–H groups in total. The van der Waals surface area contributed by atoms with Gasteiger partial charge in [-0.15, -0.1) is 0 Å². The first-order valence-electron chi connectivity index (χ1n) is 5.65. The lowest BCUT2D eigenvalue weighted by molar-refractivity contribution is 0.229. The summed E-state index contributed by atoms with van der Waals surface area (Å²) in [4.78, 5) is 0. The molecule has 1 aromatic carbocycles. The fourth-order valence-electron chi connectivity index (χ4n) is 2.01. The maximum Gasteiger partial charge on any atom is 0.0340 e. The van der Waals surface area contributed by atoms with E-state index in [1.807, 2.05) is 0 Å². The van der Waals surface area contributed by atoms with Gasteiger partial charge in [-0.25, -0.2) is 0 Å². The number of nitrogens with one attached hydrogen (secondary N) is 1. The summed E-state index contributed by atoms with van der Waals surface area (Å²) in [5.74, 6) is 1.80. The van der Waals surface area contributed by atoms with Crippen LogP contribution in [0.2, 0.25) is 0 Å². The largest absolute Gasteiger partial charge is 0.385 e. The Labute approximate surface area is 86.5 Å². The van der Waals surface area contributed by atoms with Crippen LogP contribution in [0.15, 0.2) is 30.3 Å². The molecule has 76 valence electrons. The van der Waals surface area contributed by atoms with Gasteiger partial charge in [0.15, 0.2) is 0 Å². The summed E-state index contributed by atoms with van der Waals surface area (Å²) in [6.07, 6.45) is 4.33. The maximum absolute atomic E-state index is 3.49. The molecule has 0 saturated heterocycles. The summed E-state index contributed by atoms with van der Waals surface area (Å²) in [5, 5.41) is 3.49. The molecule has 0 aliphatic heterocycles. The third-order valence-corrected chi connectivity index (χ3v) is 3.36. The van der Waals surface area contributed by atoms with Gasteiger partial charge in [-0.1, -0.05) is 44.4 Å². The lowest BCUT2D eigenvalue weighted by Crippen LogP contribution is -2.25. The highest BCUT2D eigenvalue weighted by molar-refractivity contribution is 5.42. The van der Waals surface area contributed by atoms with Gasteiger partial charge in [-0.2, -0.15) is 0 Å². The van der Waals surface area contributed by atoms with Crippen molar-refractivity contribution in [2.75, 3.05) is 11.9 Å². The predicted molar refractivity (Wildman–Crippen MR) is 61.4 cm³/mol. The van der Waals surface area contributed by atoms with Gasteiger partial charge in [0.2, 0.25) is 0 Å². The second-order valence-electron chi connectivity index (χ2n) is 4.42. The third kappa shape index (κ3) is 2.28. The van der Waals surface area contributed by atoms with Gasteiger partial charge in [-0.05, 0) is 24.0 Å².